The fourth-order valence-corrected chi connectivity index (χ4v) is 2.39. The van der Waals surface area contributed by atoms with Gasteiger partial charge in [-0.05, 0) is 17.7 Å². The van der Waals surface area contributed by atoms with Gasteiger partial charge in [-0.15, -0.1) is 0 Å². The molecule has 2 aromatic carbocycles. The van der Waals surface area contributed by atoms with Crippen LogP contribution in [0.25, 0.3) is 22.2 Å². The summed E-state index contributed by atoms with van der Waals surface area (Å²) in [6.07, 6.45) is -5.42. The van der Waals surface area contributed by atoms with Gasteiger partial charge < -0.3 is 4.57 Å². The first kappa shape index (κ1) is 12.8. The topological polar surface area (TPSA) is 4.93 Å². The number of halogens is 3. The van der Waals surface area contributed by atoms with Crippen molar-refractivity contribution < 1.29 is 13.2 Å². The smallest absolute Gasteiger partial charge is 0.288 e. The summed E-state index contributed by atoms with van der Waals surface area (Å²) < 4.78 is 40.7. The lowest BCUT2D eigenvalue weighted by Gasteiger charge is -2.15. The molecule has 1 unspecified atom stereocenters. The highest BCUT2D eigenvalue weighted by molar-refractivity contribution is 5.87. The number of rotatable bonds is 3. The molecule has 4 heteroatoms. The molecule has 0 saturated carbocycles. The van der Waals surface area contributed by atoms with Crippen molar-refractivity contribution in [2.75, 3.05) is 0 Å². The number of benzene rings is 2. The quantitative estimate of drug-likeness (QED) is 0.631. The number of hydrogen-bond acceptors (Lipinski definition) is 0. The number of para-hydroxylation sites is 1. The molecule has 0 spiro atoms. The molecule has 1 nitrogen and oxygen atoms in total. The molecule has 0 bridgehead atoms. The van der Waals surface area contributed by atoms with Crippen LogP contribution in [-0.4, -0.2) is 11.0 Å². The van der Waals surface area contributed by atoms with Crippen LogP contribution in [0.4, 0.5) is 13.2 Å². The van der Waals surface area contributed by atoms with Crippen LogP contribution in [-0.2, 0) is 0 Å². The average molecular weight is 275 g/mol. The molecule has 0 aliphatic carbocycles. The van der Waals surface area contributed by atoms with Gasteiger partial charge in [-0.25, -0.2) is 13.2 Å². The summed E-state index contributed by atoms with van der Waals surface area (Å²) in [5.41, 5.74) is 1.64. The molecule has 0 fully saturated rings. The van der Waals surface area contributed by atoms with E-state index in [9.17, 15) is 13.2 Å². The number of fused-ring (bicyclic) bond motifs is 1. The Bertz CT molecular complexity index is 719. The van der Waals surface area contributed by atoms with E-state index in [1.165, 1.54) is 0 Å². The maximum absolute atomic E-state index is 14.0. The van der Waals surface area contributed by atoms with Gasteiger partial charge in [0, 0.05) is 5.39 Å². The first-order valence-electron chi connectivity index (χ1n) is 6.26. The Labute approximate surface area is 114 Å². The second-order valence-electron chi connectivity index (χ2n) is 4.53. The molecule has 3 rings (SSSR count). The number of nitrogens with zero attached hydrogens (tertiary/aromatic N) is 1. The van der Waals surface area contributed by atoms with Crippen molar-refractivity contribution in [3.05, 3.63) is 60.7 Å². The van der Waals surface area contributed by atoms with Gasteiger partial charge in [-0.2, -0.15) is 0 Å². The largest absolute Gasteiger partial charge is 0.305 e. The minimum atomic E-state index is -3.06. The summed E-state index contributed by atoms with van der Waals surface area (Å²) in [6.45, 7) is 0. The molecule has 0 N–H and O–H groups in total. The van der Waals surface area contributed by atoms with Gasteiger partial charge in [0.1, 0.15) is 0 Å². The highest BCUT2D eigenvalue weighted by Gasteiger charge is 2.25. The SMILES string of the molecule is FC(F)C(F)n1c(-c2ccccc2)cc2ccccc21. The molecule has 3 aromatic rings. The van der Waals surface area contributed by atoms with Gasteiger partial charge in [0.2, 0.25) is 6.30 Å². The highest BCUT2D eigenvalue weighted by Crippen LogP contribution is 2.34. The second kappa shape index (κ2) is 5.04. The molecule has 102 valence electrons. The molecule has 0 radical (unpaired) electrons. The standard InChI is InChI=1S/C16H12F3N/c17-15(18)16(19)20-13-9-5-4-8-12(13)10-14(20)11-6-2-1-3-7-11/h1-10,15-16H. The lowest BCUT2D eigenvalue weighted by atomic mass is 10.1. The van der Waals surface area contributed by atoms with Crippen LogP contribution in [0.5, 0.6) is 0 Å². The van der Waals surface area contributed by atoms with Gasteiger partial charge in [0.25, 0.3) is 6.43 Å². The van der Waals surface area contributed by atoms with E-state index in [0.717, 1.165) is 9.95 Å². The molecule has 20 heavy (non-hydrogen) atoms. The van der Waals surface area contributed by atoms with Gasteiger partial charge in [-0.1, -0.05) is 48.5 Å². The van der Waals surface area contributed by atoms with Gasteiger partial charge in [0.15, 0.2) is 0 Å². The molecule has 1 heterocycles. The lowest BCUT2D eigenvalue weighted by molar-refractivity contribution is 0.0115. The highest BCUT2D eigenvalue weighted by atomic mass is 19.3. The van der Waals surface area contributed by atoms with E-state index >= 15 is 0 Å². The number of alkyl halides is 3. The molecule has 0 saturated heterocycles. The monoisotopic (exact) mass is 275 g/mol. The first-order chi connectivity index (χ1) is 9.68. The van der Waals surface area contributed by atoms with Crippen LogP contribution in [0, 0.1) is 0 Å². The minimum Gasteiger partial charge on any atom is -0.305 e. The Morgan fingerprint density at radius 1 is 0.800 bits per heavy atom. The van der Waals surface area contributed by atoms with E-state index < -0.39 is 12.7 Å². The van der Waals surface area contributed by atoms with E-state index in [0.29, 0.717) is 16.8 Å². The Morgan fingerprint density at radius 3 is 2.15 bits per heavy atom. The molecule has 1 atom stereocenters. The first-order valence-corrected chi connectivity index (χ1v) is 6.26. The fourth-order valence-electron chi connectivity index (χ4n) is 2.39. The maximum Gasteiger partial charge on any atom is 0.288 e. The molecule has 0 amide bonds. The Kier molecular flexibility index (Phi) is 3.22. The zero-order valence-corrected chi connectivity index (χ0v) is 10.5. The van der Waals surface area contributed by atoms with Crippen molar-refractivity contribution in [3.63, 3.8) is 0 Å². The third-order valence-electron chi connectivity index (χ3n) is 3.27. The summed E-state index contributed by atoms with van der Waals surface area (Å²) in [4.78, 5) is 0. The van der Waals surface area contributed by atoms with Gasteiger partial charge >= 0.3 is 0 Å². The zero-order valence-electron chi connectivity index (χ0n) is 10.5. The summed E-state index contributed by atoms with van der Waals surface area (Å²) in [7, 11) is 0. The van der Waals surface area contributed by atoms with Crippen LogP contribution >= 0.6 is 0 Å². The fraction of sp³-hybridized carbons (Fsp3) is 0.125. The Hall–Kier alpha value is -2.23. The summed E-state index contributed by atoms with van der Waals surface area (Å²) >= 11 is 0. The average Bonchev–Trinajstić information content (AvgIpc) is 2.86. The molecule has 1 aromatic heterocycles. The summed E-state index contributed by atoms with van der Waals surface area (Å²) in [5.74, 6) is 0. The molecule has 0 aliphatic rings. The molecular formula is C16H12F3N. The van der Waals surface area contributed by atoms with Crippen molar-refractivity contribution in [2.45, 2.75) is 12.7 Å². The normalized spacial score (nSPS) is 13.0. The minimum absolute atomic E-state index is 0.458. The van der Waals surface area contributed by atoms with Crippen molar-refractivity contribution in [1.29, 1.82) is 0 Å². The van der Waals surface area contributed by atoms with E-state index in [2.05, 4.69) is 0 Å². The summed E-state index contributed by atoms with van der Waals surface area (Å²) in [5, 5.41) is 0.745. The number of hydrogen-bond donors (Lipinski definition) is 0. The van der Waals surface area contributed by atoms with Crippen molar-refractivity contribution in [3.8, 4) is 11.3 Å². The van der Waals surface area contributed by atoms with E-state index in [4.69, 9.17) is 0 Å². The predicted octanol–water partition coefficient (Wildman–Crippen LogP) is 5.04. The zero-order chi connectivity index (χ0) is 14.1. The Balaban J connectivity index is 2.28. The third kappa shape index (κ3) is 2.07. The van der Waals surface area contributed by atoms with Crippen molar-refractivity contribution >= 4 is 10.9 Å². The van der Waals surface area contributed by atoms with Crippen LogP contribution < -0.4 is 0 Å². The second-order valence-corrected chi connectivity index (χ2v) is 4.53. The van der Waals surface area contributed by atoms with Crippen LogP contribution in [0.1, 0.15) is 6.30 Å². The third-order valence-corrected chi connectivity index (χ3v) is 3.27. The van der Waals surface area contributed by atoms with Crippen molar-refractivity contribution in [2.24, 2.45) is 0 Å². The van der Waals surface area contributed by atoms with E-state index in [1.54, 1.807) is 54.6 Å². The van der Waals surface area contributed by atoms with E-state index in [-0.39, 0.29) is 0 Å². The van der Waals surface area contributed by atoms with Crippen molar-refractivity contribution in [1.82, 2.24) is 4.57 Å². The summed E-state index contributed by atoms with van der Waals surface area (Å²) in [6, 6.07) is 17.7. The van der Waals surface area contributed by atoms with Crippen LogP contribution in [0.15, 0.2) is 60.7 Å². The van der Waals surface area contributed by atoms with Gasteiger partial charge in [0.05, 0.1) is 11.2 Å². The van der Waals surface area contributed by atoms with Gasteiger partial charge in [-0.3, -0.25) is 0 Å². The predicted molar refractivity (Wildman–Crippen MR) is 73.5 cm³/mol. The van der Waals surface area contributed by atoms with Crippen LogP contribution in [0.3, 0.4) is 0 Å². The molecular weight excluding hydrogens is 263 g/mol. The Morgan fingerprint density at radius 2 is 1.45 bits per heavy atom. The number of aromatic nitrogens is 1. The maximum atomic E-state index is 14.0. The lowest BCUT2D eigenvalue weighted by Crippen LogP contribution is -2.13. The molecule has 0 aliphatic heterocycles. The van der Waals surface area contributed by atoms with Crippen LogP contribution in [0.2, 0.25) is 0 Å². The van der Waals surface area contributed by atoms with E-state index in [1.807, 2.05) is 6.07 Å².